The van der Waals surface area contributed by atoms with Gasteiger partial charge in [-0.1, -0.05) is 12.8 Å². The minimum absolute atomic E-state index is 0.00149. The highest BCUT2D eigenvalue weighted by molar-refractivity contribution is 5.92. The molecule has 4 heterocycles. The zero-order chi connectivity index (χ0) is 20.7. The number of hydrogen-bond donors (Lipinski definition) is 2. The van der Waals surface area contributed by atoms with Crippen LogP contribution in [-0.2, 0) is 14.3 Å². The molecule has 3 aliphatic rings. The van der Waals surface area contributed by atoms with Gasteiger partial charge in [0.15, 0.2) is 5.69 Å². The van der Waals surface area contributed by atoms with E-state index >= 15 is 0 Å². The number of H-pyrrole nitrogens is 1. The summed E-state index contributed by atoms with van der Waals surface area (Å²) in [6, 6.07) is 0. The SMILES string of the molecule is O=C(c1cn[nH]n1)N1CCC2(CC1)CC(CN1CCCCCC1)OC2=O.O=CO. The van der Waals surface area contributed by atoms with E-state index in [9.17, 15) is 9.59 Å². The summed E-state index contributed by atoms with van der Waals surface area (Å²) in [6.45, 7) is 3.96. The first-order valence-corrected chi connectivity index (χ1v) is 10.2. The summed E-state index contributed by atoms with van der Waals surface area (Å²) in [6.07, 6.45) is 8.66. The Morgan fingerprint density at radius 2 is 1.90 bits per heavy atom. The number of carbonyl (C=O) groups excluding carboxylic acids is 2. The molecule has 1 unspecified atom stereocenters. The second kappa shape index (κ2) is 9.82. The maximum atomic E-state index is 12.6. The molecule has 0 bridgehead atoms. The summed E-state index contributed by atoms with van der Waals surface area (Å²) in [5.41, 5.74) is -0.0779. The minimum atomic E-state index is -0.406. The number of likely N-dealkylation sites (tertiary alicyclic amines) is 2. The Morgan fingerprint density at radius 3 is 2.48 bits per heavy atom. The zero-order valence-corrected chi connectivity index (χ0v) is 16.6. The van der Waals surface area contributed by atoms with Gasteiger partial charge >= 0.3 is 5.97 Å². The first-order valence-electron chi connectivity index (χ1n) is 10.2. The Hall–Kier alpha value is -2.49. The molecule has 10 nitrogen and oxygen atoms in total. The number of nitrogens with zero attached hydrogens (tertiary/aromatic N) is 4. The smallest absolute Gasteiger partial charge is 0.312 e. The van der Waals surface area contributed by atoms with Crippen LogP contribution >= 0.6 is 0 Å². The van der Waals surface area contributed by atoms with Crippen molar-refractivity contribution in [2.24, 2.45) is 5.41 Å². The van der Waals surface area contributed by atoms with Gasteiger partial charge in [0.2, 0.25) is 0 Å². The highest BCUT2D eigenvalue weighted by atomic mass is 16.6. The van der Waals surface area contributed by atoms with E-state index in [-0.39, 0.29) is 24.5 Å². The number of amides is 1. The number of hydrogen-bond acceptors (Lipinski definition) is 7. The predicted octanol–water partition coefficient (Wildman–Crippen LogP) is 0.919. The number of cyclic esters (lactones) is 1. The van der Waals surface area contributed by atoms with Gasteiger partial charge in [0.05, 0.1) is 11.6 Å². The number of piperidine rings is 1. The average molecular weight is 407 g/mol. The fourth-order valence-corrected chi connectivity index (χ4v) is 4.56. The van der Waals surface area contributed by atoms with Crippen LogP contribution in [-0.4, -0.2) is 87.5 Å². The van der Waals surface area contributed by atoms with Crippen molar-refractivity contribution in [1.29, 1.82) is 0 Å². The number of carboxylic acid groups (broad SMARTS) is 1. The third kappa shape index (κ3) is 5.11. The topological polar surface area (TPSA) is 129 Å². The summed E-state index contributed by atoms with van der Waals surface area (Å²) < 4.78 is 5.75. The van der Waals surface area contributed by atoms with Gasteiger partial charge < -0.3 is 14.7 Å². The number of nitrogens with one attached hydrogen (secondary N) is 1. The second-order valence-corrected chi connectivity index (χ2v) is 7.98. The fourth-order valence-electron chi connectivity index (χ4n) is 4.56. The molecule has 0 radical (unpaired) electrons. The molecule has 10 heteroatoms. The number of esters is 1. The molecular weight excluding hydrogens is 378 g/mol. The van der Waals surface area contributed by atoms with Crippen LogP contribution in [0.3, 0.4) is 0 Å². The summed E-state index contributed by atoms with van der Waals surface area (Å²) in [5.74, 6) is -0.188. The molecule has 3 fully saturated rings. The number of aromatic nitrogens is 3. The standard InChI is InChI=1S/C18H27N5O3.CH2O2/c24-16(15-12-19-21-20-15)23-9-5-18(6-10-23)11-14(26-17(18)25)13-22-7-3-1-2-4-8-22;2-1-3/h12,14H,1-11,13H2,(H,19,20,21);1H,(H,2,3). The van der Waals surface area contributed by atoms with Crippen LogP contribution in [0.15, 0.2) is 6.20 Å². The van der Waals surface area contributed by atoms with Gasteiger partial charge in [-0.05, 0) is 38.8 Å². The lowest BCUT2D eigenvalue weighted by molar-refractivity contribution is -0.151. The van der Waals surface area contributed by atoms with Crippen LogP contribution < -0.4 is 0 Å². The van der Waals surface area contributed by atoms with Gasteiger partial charge in [-0.15, -0.1) is 0 Å². The molecule has 1 spiro atoms. The molecule has 160 valence electrons. The molecule has 0 aromatic carbocycles. The van der Waals surface area contributed by atoms with Crippen molar-refractivity contribution in [2.45, 2.75) is 51.0 Å². The summed E-state index contributed by atoms with van der Waals surface area (Å²) >= 11 is 0. The molecule has 0 saturated carbocycles. The third-order valence-corrected chi connectivity index (χ3v) is 6.13. The van der Waals surface area contributed by atoms with Crippen LogP contribution in [0.1, 0.15) is 55.4 Å². The Morgan fingerprint density at radius 1 is 1.24 bits per heavy atom. The van der Waals surface area contributed by atoms with Gasteiger partial charge in [-0.2, -0.15) is 15.4 Å². The Kier molecular flexibility index (Phi) is 7.18. The van der Waals surface area contributed by atoms with Crippen molar-refractivity contribution in [3.05, 3.63) is 11.9 Å². The lowest BCUT2D eigenvalue weighted by Crippen LogP contribution is -2.45. The van der Waals surface area contributed by atoms with Crippen molar-refractivity contribution in [2.75, 3.05) is 32.7 Å². The Bertz CT molecular complexity index is 679. The lowest BCUT2D eigenvalue weighted by Gasteiger charge is -2.36. The first kappa shape index (κ1) is 21.2. The summed E-state index contributed by atoms with van der Waals surface area (Å²) in [7, 11) is 0. The molecule has 3 aliphatic heterocycles. The second-order valence-electron chi connectivity index (χ2n) is 7.98. The maximum Gasteiger partial charge on any atom is 0.312 e. The van der Waals surface area contributed by atoms with E-state index in [1.807, 2.05) is 0 Å². The maximum absolute atomic E-state index is 12.6. The molecule has 1 amide bonds. The highest BCUT2D eigenvalue weighted by Crippen LogP contribution is 2.43. The van der Waals surface area contributed by atoms with E-state index in [0.29, 0.717) is 31.6 Å². The Balaban J connectivity index is 0.000000755. The minimum Gasteiger partial charge on any atom is -0.483 e. The molecule has 4 rings (SSSR count). The van der Waals surface area contributed by atoms with Gasteiger partial charge in [0.1, 0.15) is 6.10 Å². The van der Waals surface area contributed by atoms with E-state index in [0.717, 1.165) is 26.1 Å². The van der Waals surface area contributed by atoms with Crippen molar-refractivity contribution in [3.8, 4) is 0 Å². The van der Waals surface area contributed by atoms with E-state index in [1.165, 1.54) is 31.9 Å². The van der Waals surface area contributed by atoms with Crippen molar-refractivity contribution >= 4 is 18.3 Å². The van der Waals surface area contributed by atoms with Crippen molar-refractivity contribution in [3.63, 3.8) is 0 Å². The van der Waals surface area contributed by atoms with Crippen LogP contribution in [0.4, 0.5) is 0 Å². The monoisotopic (exact) mass is 407 g/mol. The summed E-state index contributed by atoms with van der Waals surface area (Å²) in [4.78, 5) is 37.6. The van der Waals surface area contributed by atoms with E-state index < -0.39 is 5.41 Å². The molecular formula is C19H29N5O5. The molecule has 3 saturated heterocycles. The van der Waals surface area contributed by atoms with E-state index in [1.54, 1.807) is 4.90 Å². The number of carbonyl (C=O) groups is 3. The molecule has 0 aliphatic carbocycles. The quantitative estimate of drug-likeness (QED) is 0.559. The third-order valence-electron chi connectivity index (χ3n) is 6.13. The predicted molar refractivity (Wildman–Crippen MR) is 102 cm³/mol. The van der Waals surface area contributed by atoms with Crippen molar-refractivity contribution < 1.29 is 24.2 Å². The largest absolute Gasteiger partial charge is 0.483 e. The number of rotatable bonds is 3. The molecule has 1 atom stereocenters. The number of ether oxygens (including phenoxy) is 1. The molecule has 1 aromatic heterocycles. The molecule has 29 heavy (non-hydrogen) atoms. The molecule has 2 N–H and O–H groups in total. The Labute approximate surface area is 169 Å². The van der Waals surface area contributed by atoms with Crippen LogP contribution in [0, 0.1) is 5.41 Å². The van der Waals surface area contributed by atoms with Crippen LogP contribution in [0.25, 0.3) is 0 Å². The van der Waals surface area contributed by atoms with Gasteiger partial charge in [0, 0.05) is 26.1 Å². The van der Waals surface area contributed by atoms with Gasteiger partial charge in [-0.3, -0.25) is 19.3 Å². The first-order chi connectivity index (χ1) is 14.1. The van der Waals surface area contributed by atoms with Crippen LogP contribution in [0.2, 0.25) is 0 Å². The normalized spacial score (nSPS) is 24.3. The van der Waals surface area contributed by atoms with Gasteiger partial charge in [0.25, 0.3) is 12.4 Å². The molecule has 1 aromatic rings. The van der Waals surface area contributed by atoms with Crippen LogP contribution in [0.5, 0.6) is 0 Å². The fraction of sp³-hybridized carbons (Fsp3) is 0.737. The average Bonchev–Trinajstić information content (AvgIpc) is 3.26. The van der Waals surface area contributed by atoms with E-state index in [2.05, 4.69) is 20.3 Å². The summed E-state index contributed by atoms with van der Waals surface area (Å²) in [5, 5.41) is 16.9. The highest BCUT2D eigenvalue weighted by Gasteiger charge is 2.51. The van der Waals surface area contributed by atoms with Crippen molar-refractivity contribution in [1.82, 2.24) is 25.2 Å². The number of aromatic amines is 1. The lowest BCUT2D eigenvalue weighted by atomic mass is 9.76. The van der Waals surface area contributed by atoms with Gasteiger partial charge in [-0.25, -0.2) is 0 Å². The van der Waals surface area contributed by atoms with E-state index in [4.69, 9.17) is 14.6 Å². The zero-order valence-electron chi connectivity index (χ0n) is 16.6.